The first-order chi connectivity index (χ1) is 13.5. The predicted molar refractivity (Wildman–Crippen MR) is 113 cm³/mol. The molecule has 8 heteroatoms. The number of ether oxygens (including phenoxy) is 1. The molecular formula is C21H28N2O5S. The number of nitro groups is 1. The van der Waals surface area contributed by atoms with Gasteiger partial charge in [0.2, 0.25) is 10.0 Å². The van der Waals surface area contributed by atoms with Gasteiger partial charge in [-0.15, -0.1) is 0 Å². The largest absolute Gasteiger partial charge is 0.482 e. The molecule has 0 N–H and O–H groups in total. The molecule has 2 aromatic carbocycles. The maximum Gasteiger partial charge on any atom is 0.312 e. The van der Waals surface area contributed by atoms with Gasteiger partial charge in [0.25, 0.3) is 0 Å². The molecule has 0 fully saturated rings. The molecule has 29 heavy (non-hydrogen) atoms. The van der Waals surface area contributed by atoms with E-state index < -0.39 is 14.9 Å². The highest BCUT2D eigenvalue weighted by Crippen LogP contribution is 2.31. The summed E-state index contributed by atoms with van der Waals surface area (Å²) < 4.78 is 32.2. The summed E-state index contributed by atoms with van der Waals surface area (Å²) in [5, 5.41) is 11.5. The molecule has 0 spiro atoms. The molecule has 0 aliphatic carbocycles. The van der Waals surface area contributed by atoms with Gasteiger partial charge in [-0.05, 0) is 28.7 Å². The molecule has 0 amide bonds. The monoisotopic (exact) mass is 420 g/mol. The van der Waals surface area contributed by atoms with Crippen LogP contribution in [0.4, 0.5) is 5.69 Å². The molecule has 0 aliphatic heterocycles. The first-order valence-corrected chi connectivity index (χ1v) is 11.0. The normalized spacial score (nSPS) is 12.2. The molecule has 0 heterocycles. The summed E-state index contributed by atoms with van der Waals surface area (Å²) in [5.74, 6) is 0.0356. The van der Waals surface area contributed by atoms with Crippen molar-refractivity contribution in [2.45, 2.75) is 51.5 Å². The topological polar surface area (TPSA) is 89.8 Å². The van der Waals surface area contributed by atoms with E-state index in [2.05, 4.69) is 20.8 Å². The van der Waals surface area contributed by atoms with Crippen molar-refractivity contribution in [3.05, 3.63) is 63.7 Å². The Morgan fingerprint density at radius 2 is 1.62 bits per heavy atom. The van der Waals surface area contributed by atoms with Crippen LogP contribution in [0, 0.1) is 10.1 Å². The molecule has 158 valence electrons. The van der Waals surface area contributed by atoms with Crippen molar-refractivity contribution in [1.29, 1.82) is 0 Å². The smallest absolute Gasteiger partial charge is 0.312 e. The van der Waals surface area contributed by atoms with Crippen molar-refractivity contribution in [3.63, 3.8) is 0 Å². The maximum atomic E-state index is 12.6. The van der Waals surface area contributed by atoms with Gasteiger partial charge in [-0.25, -0.2) is 8.42 Å². The van der Waals surface area contributed by atoms with E-state index in [4.69, 9.17) is 4.74 Å². The number of benzene rings is 2. The lowest BCUT2D eigenvalue weighted by Crippen LogP contribution is -2.30. The van der Waals surface area contributed by atoms with E-state index in [1.165, 1.54) is 22.0 Å². The molecule has 2 aromatic rings. The quantitative estimate of drug-likeness (QED) is 0.463. The average molecular weight is 421 g/mol. The fourth-order valence-corrected chi connectivity index (χ4v) is 4.38. The third-order valence-electron chi connectivity index (χ3n) is 4.68. The number of nitrogens with zero attached hydrogens (tertiary/aromatic N) is 2. The molecular weight excluding hydrogens is 392 g/mol. The summed E-state index contributed by atoms with van der Waals surface area (Å²) in [4.78, 5) is 10.8. The van der Waals surface area contributed by atoms with Crippen LogP contribution in [0.1, 0.15) is 45.7 Å². The van der Waals surface area contributed by atoms with Crippen LogP contribution in [0.25, 0.3) is 0 Å². The van der Waals surface area contributed by atoms with Gasteiger partial charge < -0.3 is 4.74 Å². The van der Waals surface area contributed by atoms with E-state index in [1.807, 2.05) is 24.3 Å². The van der Waals surface area contributed by atoms with Crippen LogP contribution in [0.2, 0.25) is 0 Å². The Balaban J connectivity index is 2.27. The molecule has 7 nitrogen and oxygen atoms in total. The number of rotatable bonds is 8. The molecule has 0 atom stereocenters. The van der Waals surface area contributed by atoms with Gasteiger partial charge in [-0.2, -0.15) is 4.31 Å². The van der Waals surface area contributed by atoms with Gasteiger partial charge in [0.1, 0.15) is 6.61 Å². The summed E-state index contributed by atoms with van der Waals surface area (Å²) >= 11 is 0. The van der Waals surface area contributed by atoms with Crippen LogP contribution in [-0.4, -0.2) is 30.7 Å². The van der Waals surface area contributed by atoms with E-state index in [1.54, 1.807) is 13.8 Å². The SMILES string of the molecule is CCN(CC)S(=O)(=O)c1ccc(OCc2ccc(C(C)(C)C)cc2)c([N+](=O)[O-])c1. The van der Waals surface area contributed by atoms with Gasteiger partial charge in [0, 0.05) is 19.2 Å². The van der Waals surface area contributed by atoms with Crippen LogP contribution in [-0.2, 0) is 22.0 Å². The third kappa shape index (κ3) is 5.33. The molecule has 2 rings (SSSR count). The zero-order valence-corrected chi connectivity index (χ0v) is 18.3. The molecule has 0 bridgehead atoms. The molecule has 0 saturated heterocycles. The minimum Gasteiger partial charge on any atom is -0.482 e. The van der Waals surface area contributed by atoms with E-state index in [-0.39, 0.29) is 41.4 Å². The molecule has 0 aliphatic rings. The minimum atomic E-state index is -3.79. The van der Waals surface area contributed by atoms with Gasteiger partial charge in [0.15, 0.2) is 5.75 Å². The summed E-state index contributed by atoms with van der Waals surface area (Å²) in [7, 11) is -3.79. The second-order valence-corrected chi connectivity index (χ2v) is 9.65. The highest BCUT2D eigenvalue weighted by Gasteiger charge is 2.26. The van der Waals surface area contributed by atoms with Gasteiger partial charge in [0.05, 0.1) is 9.82 Å². The number of sulfonamides is 1. The highest BCUT2D eigenvalue weighted by atomic mass is 32.2. The average Bonchev–Trinajstić information content (AvgIpc) is 2.66. The van der Waals surface area contributed by atoms with Crippen molar-refractivity contribution in [3.8, 4) is 5.75 Å². The van der Waals surface area contributed by atoms with Crippen molar-refractivity contribution in [2.24, 2.45) is 0 Å². The Morgan fingerprint density at radius 3 is 2.10 bits per heavy atom. The molecule has 0 saturated carbocycles. The van der Waals surface area contributed by atoms with Gasteiger partial charge >= 0.3 is 5.69 Å². The standard InChI is InChI=1S/C21H28N2O5S/c1-6-22(7-2)29(26,27)18-12-13-20(19(14-18)23(24)25)28-15-16-8-10-17(11-9-16)21(3,4)5/h8-14H,6-7,15H2,1-5H3. The fourth-order valence-electron chi connectivity index (χ4n) is 2.90. The summed E-state index contributed by atoms with van der Waals surface area (Å²) in [6.45, 7) is 10.5. The van der Waals surface area contributed by atoms with Crippen LogP contribution >= 0.6 is 0 Å². The third-order valence-corrected chi connectivity index (χ3v) is 6.73. The van der Waals surface area contributed by atoms with Crippen LogP contribution < -0.4 is 4.74 Å². The molecule has 0 aromatic heterocycles. The second-order valence-electron chi connectivity index (χ2n) is 7.71. The van der Waals surface area contributed by atoms with Crippen LogP contribution in [0.3, 0.4) is 0 Å². The van der Waals surface area contributed by atoms with Crippen LogP contribution in [0.5, 0.6) is 5.75 Å². The first kappa shape index (κ1) is 22.8. The van der Waals surface area contributed by atoms with E-state index in [0.717, 1.165) is 11.6 Å². The zero-order valence-electron chi connectivity index (χ0n) is 17.5. The van der Waals surface area contributed by atoms with E-state index in [0.29, 0.717) is 0 Å². The highest BCUT2D eigenvalue weighted by molar-refractivity contribution is 7.89. The Bertz CT molecular complexity index is 960. The summed E-state index contributed by atoms with van der Waals surface area (Å²) in [5.41, 5.74) is 1.71. The fraction of sp³-hybridized carbons (Fsp3) is 0.429. The predicted octanol–water partition coefficient (Wildman–Crippen LogP) is 4.50. The maximum absolute atomic E-state index is 12.6. The Hall–Kier alpha value is -2.45. The number of nitro benzene ring substituents is 1. The van der Waals surface area contributed by atoms with Crippen molar-refractivity contribution in [1.82, 2.24) is 4.31 Å². The zero-order chi connectivity index (χ0) is 21.8. The Kier molecular flexibility index (Phi) is 7.02. The lowest BCUT2D eigenvalue weighted by Gasteiger charge is -2.19. The lowest BCUT2D eigenvalue weighted by molar-refractivity contribution is -0.386. The van der Waals surface area contributed by atoms with Gasteiger partial charge in [-0.1, -0.05) is 58.9 Å². The molecule has 0 unspecified atom stereocenters. The van der Waals surface area contributed by atoms with Crippen molar-refractivity contribution in [2.75, 3.05) is 13.1 Å². The second kappa shape index (κ2) is 8.92. The number of hydrogen-bond donors (Lipinski definition) is 0. The van der Waals surface area contributed by atoms with Crippen molar-refractivity contribution < 1.29 is 18.1 Å². The number of hydrogen-bond acceptors (Lipinski definition) is 5. The Labute approximate surface area is 172 Å². The first-order valence-electron chi connectivity index (χ1n) is 9.51. The minimum absolute atomic E-state index is 0.0321. The van der Waals surface area contributed by atoms with Gasteiger partial charge in [-0.3, -0.25) is 10.1 Å². The molecule has 0 radical (unpaired) electrons. The van der Waals surface area contributed by atoms with Crippen LogP contribution in [0.15, 0.2) is 47.4 Å². The summed E-state index contributed by atoms with van der Waals surface area (Å²) in [6, 6.07) is 11.6. The van der Waals surface area contributed by atoms with E-state index in [9.17, 15) is 18.5 Å². The van der Waals surface area contributed by atoms with E-state index >= 15 is 0 Å². The lowest BCUT2D eigenvalue weighted by atomic mass is 9.87. The van der Waals surface area contributed by atoms with Crippen molar-refractivity contribution >= 4 is 15.7 Å². The summed E-state index contributed by atoms with van der Waals surface area (Å²) in [6.07, 6.45) is 0. The Morgan fingerprint density at radius 1 is 1.03 bits per heavy atom.